The minimum atomic E-state index is -0.436. The van der Waals surface area contributed by atoms with E-state index in [0.29, 0.717) is 20.5 Å². The molecule has 3 rings (SSSR count). The molecule has 0 spiro atoms. The Morgan fingerprint density at radius 3 is 2.62 bits per heavy atom. The van der Waals surface area contributed by atoms with Gasteiger partial charge in [0.1, 0.15) is 0 Å². The second-order valence-electron chi connectivity index (χ2n) is 4.37. The fourth-order valence-corrected chi connectivity index (χ4v) is 2.78. The van der Waals surface area contributed by atoms with Gasteiger partial charge in [0.25, 0.3) is 0 Å². The van der Waals surface area contributed by atoms with Crippen molar-refractivity contribution in [1.82, 2.24) is 9.55 Å². The Morgan fingerprint density at radius 1 is 1.19 bits per heavy atom. The number of rotatable bonds is 2. The number of aromatic nitrogens is 2. The van der Waals surface area contributed by atoms with E-state index in [1.165, 1.54) is 13.2 Å². The van der Waals surface area contributed by atoms with Crippen molar-refractivity contribution < 1.29 is 9.13 Å². The number of fused-ring (bicyclic) bond motifs is 1. The highest BCUT2D eigenvalue weighted by molar-refractivity contribution is 7.71. The van der Waals surface area contributed by atoms with E-state index in [4.69, 9.17) is 40.2 Å². The number of imidazole rings is 1. The van der Waals surface area contributed by atoms with Crippen molar-refractivity contribution >= 4 is 46.5 Å². The number of benzene rings is 2. The zero-order chi connectivity index (χ0) is 15.1. The molecule has 3 nitrogen and oxygen atoms in total. The maximum atomic E-state index is 13.5. The first-order valence-corrected chi connectivity index (χ1v) is 7.11. The molecule has 0 saturated heterocycles. The number of ether oxygens (including phenoxy) is 1. The van der Waals surface area contributed by atoms with Crippen molar-refractivity contribution in [1.29, 1.82) is 0 Å². The Kier molecular flexibility index (Phi) is 3.65. The lowest BCUT2D eigenvalue weighted by Gasteiger charge is -2.08. The molecule has 1 heterocycles. The molecule has 7 heteroatoms. The Hall–Kier alpha value is -1.56. The second-order valence-corrected chi connectivity index (χ2v) is 5.57. The maximum absolute atomic E-state index is 13.5. The maximum Gasteiger partial charge on any atom is 0.182 e. The molecular formula is C14H9Cl2FN2OS. The van der Waals surface area contributed by atoms with Gasteiger partial charge in [-0.05, 0) is 36.5 Å². The number of halogens is 3. The second kappa shape index (κ2) is 5.33. The SMILES string of the molecule is COc1cc(-n2c(=S)[nH]c3cc(Cl)c(Cl)cc32)ccc1F. The number of H-pyrrole nitrogens is 1. The quantitative estimate of drug-likeness (QED) is 0.653. The normalized spacial score (nSPS) is 11.0. The summed E-state index contributed by atoms with van der Waals surface area (Å²) in [6, 6.07) is 7.92. The van der Waals surface area contributed by atoms with Crippen LogP contribution in [0.4, 0.5) is 4.39 Å². The molecule has 0 aliphatic carbocycles. The van der Waals surface area contributed by atoms with Gasteiger partial charge in [0.2, 0.25) is 0 Å². The standard InChI is InChI=1S/C14H9Cl2FN2OS/c1-20-13-4-7(2-3-10(13)17)19-12-6-9(16)8(15)5-11(12)18-14(19)21/h2-6H,1H3,(H,18,21). The summed E-state index contributed by atoms with van der Waals surface area (Å²) in [5.74, 6) is -0.294. The predicted molar refractivity (Wildman–Crippen MR) is 85.0 cm³/mol. The van der Waals surface area contributed by atoms with E-state index in [0.717, 1.165) is 11.0 Å². The van der Waals surface area contributed by atoms with Crippen LogP contribution in [-0.2, 0) is 0 Å². The van der Waals surface area contributed by atoms with Crippen molar-refractivity contribution in [2.45, 2.75) is 0 Å². The lowest BCUT2D eigenvalue weighted by Crippen LogP contribution is -1.96. The van der Waals surface area contributed by atoms with Crippen LogP contribution in [0.1, 0.15) is 0 Å². The third-order valence-electron chi connectivity index (χ3n) is 3.12. The van der Waals surface area contributed by atoms with Gasteiger partial charge in [-0.15, -0.1) is 0 Å². The molecule has 0 atom stereocenters. The van der Waals surface area contributed by atoms with Crippen molar-refractivity contribution in [3.63, 3.8) is 0 Å². The first kappa shape index (κ1) is 14.4. The summed E-state index contributed by atoms with van der Waals surface area (Å²) in [5, 5.41) is 0.852. The smallest absolute Gasteiger partial charge is 0.182 e. The summed E-state index contributed by atoms with van der Waals surface area (Å²) >= 11 is 17.4. The van der Waals surface area contributed by atoms with Gasteiger partial charge in [0.05, 0.1) is 33.9 Å². The molecule has 0 aliphatic heterocycles. The van der Waals surface area contributed by atoms with E-state index in [2.05, 4.69) is 4.98 Å². The molecule has 0 saturated carbocycles. The van der Waals surface area contributed by atoms with Crippen LogP contribution in [0.5, 0.6) is 5.75 Å². The highest BCUT2D eigenvalue weighted by Gasteiger charge is 2.12. The molecule has 0 fully saturated rings. The van der Waals surface area contributed by atoms with Gasteiger partial charge in [0.15, 0.2) is 16.3 Å². The number of nitrogens with zero attached hydrogens (tertiary/aromatic N) is 1. The zero-order valence-corrected chi connectivity index (χ0v) is 13.1. The first-order chi connectivity index (χ1) is 10.0. The molecule has 0 unspecified atom stereocenters. The summed E-state index contributed by atoms with van der Waals surface area (Å²) in [4.78, 5) is 3.05. The third-order valence-corrected chi connectivity index (χ3v) is 4.12. The van der Waals surface area contributed by atoms with E-state index in [-0.39, 0.29) is 5.75 Å². The van der Waals surface area contributed by atoms with Gasteiger partial charge in [-0.2, -0.15) is 0 Å². The molecule has 0 aliphatic rings. The summed E-state index contributed by atoms with van der Waals surface area (Å²) < 4.78 is 20.7. The highest BCUT2D eigenvalue weighted by Crippen LogP contribution is 2.30. The van der Waals surface area contributed by atoms with Gasteiger partial charge >= 0.3 is 0 Å². The average molecular weight is 343 g/mol. The fourth-order valence-electron chi connectivity index (χ4n) is 2.15. The van der Waals surface area contributed by atoms with Crippen LogP contribution in [0.2, 0.25) is 10.0 Å². The van der Waals surface area contributed by atoms with Crippen molar-refractivity contribution in [3.05, 3.63) is 51.0 Å². The van der Waals surface area contributed by atoms with Crippen molar-refractivity contribution in [2.24, 2.45) is 0 Å². The Balaban J connectivity index is 2.32. The Bertz CT molecular complexity index is 904. The van der Waals surface area contributed by atoms with E-state index in [9.17, 15) is 4.39 Å². The molecule has 0 bridgehead atoms. The van der Waals surface area contributed by atoms with Gasteiger partial charge in [0, 0.05) is 6.07 Å². The van der Waals surface area contributed by atoms with Gasteiger partial charge in [-0.1, -0.05) is 23.2 Å². The van der Waals surface area contributed by atoms with E-state index in [1.54, 1.807) is 28.8 Å². The van der Waals surface area contributed by atoms with Crippen LogP contribution in [-0.4, -0.2) is 16.7 Å². The fraction of sp³-hybridized carbons (Fsp3) is 0.0714. The Morgan fingerprint density at radius 2 is 1.90 bits per heavy atom. The average Bonchev–Trinajstić information content (AvgIpc) is 2.75. The molecule has 0 radical (unpaired) electrons. The molecule has 1 aromatic heterocycles. The van der Waals surface area contributed by atoms with Gasteiger partial charge < -0.3 is 9.72 Å². The zero-order valence-electron chi connectivity index (χ0n) is 10.8. The lowest BCUT2D eigenvalue weighted by molar-refractivity contribution is 0.386. The topological polar surface area (TPSA) is 29.9 Å². The molecular weight excluding hydrogens is 334 g/mol. The molecule has 2 aromatic carbocycles. The van der Waals surface area contributed by atoms with Crippen LogP contribution in [0, 0.1) is 10.6 Å². The molecule has 21 heavy (non-hydrogen) atoms. The highest BCUT2D eigenvalue weighted by atomic mass is 35.5. The Labute approximate surface area is 134 Å². The van der Waals surface area contributed by atoms with E-state index < -0.39 is 5.82 Å². The van der Waals surface area contributed by atoms with Crippen LogP contribution >= 0.6 is 35.4 Å². The van der Waals surface area contributed by atoms with Crippen LogP contribution in [0.25, 0.3) is 16.7 Å². The minimum Gasteiger partial charge on any atom is -0.494 e. The summed E-state index contributed by atoms with van der Waals surface area (Å²) in [6.45, 7) is 0. The monoisotopic (exact) mass is 342 g/mol. The van der Waals surface area contributed by atoms with E-state index >= 15 is 0 Å². The van der Waals surface area contributed by atoms with Crippen LogP contribution < -0.4 is 4.74 Å². The largest absolute Gasteiger partial charge is 0.494 e. The predicted octanol–water partition coefficient (Wildman–Crippen LogP) is 5.14. The van der Waals surface area contributed by atoms with Crippen LogP contribution in [0.3, 0.4) is 0 Å². The first-order valence-electron chi connectivity index (χ1n) is 5.95. The summed E-state index contributed by atoms with van der Waals surface area (Å²) in [5.41, 5.74) is 2.17. The lowest BCUT2D eigenvalue weighted by atomic mass is 10.2. The number of hydrogen-bond acceptors (Lipinski definition) is 2. The minimum absolute atomic E-state index is 0.142. The molecule has 1 N–H and O–H groups in total. The number of nitrogens with one attached hydrogen (secondary N) is 1. The van der Waals surface area contributed by atoms with Crippen molar-refractivity contribution in [2.75, 3.05) is 7.11 Å². The number of aromatic amines is 1. The molecule has 108 valence electrons. The van der Waals surface area contributed by atoms with E-state index in [1.807, 2.05) is 0 Å². The number of methoxy groups -OCH3 is 1. The summed E-state index contributed by atoms with van der Waals surface area (Å²) in [6.07, 6.45) is 0. The number of hydrogen-bond donors (Lipinski definition) is 1. The summed E-state index contributed by atoms with van der Waals surface area (Å²) in [7, 11) is 1.41. The van der Waals surface area contributed by atoms with Gasteiger partial charge in [-0.3, -0.25) is 4.57 Å². The van der Waals surface area contributed by atoms with Crippen LogP contribution in [0.15, 0.2) is 30.3 Å². The molecule has 3 aromatic rings. The van der Waals surface area contributed by atoms with Crippen molar-refractivity contribution in [3.8, 4) is 11.4 Å². The van der Waals surface area contributed by atoms with Gasteiger partial charge in [-0.25, -0.2) is 4.39 Å². The third kappa shape index (κ3) is 2.41. The molecule has 0 amide bonds.